The molecule has 0 heterocycles. The van der Waals surface area contributed by atoms with E-state index in [1.165, 1.54) is 24.3 Å². The molecule has 0 atom stereocenters. The van der Waals surface area contributed by atoms with Gasteiger partial charge >= 0.3 is 5.97 Å². The van der Waals surface area contributed by atoms with Crippen LogP contribution in [0.2, 0.25) is 0 Å². The predicted octanol–water partition coefficient (Wildman–Crippen LogP) is 1.89. The second-order valence-corrected chi connectivity index (χ2v) is 7.14. The predicted molar refractivity (Wildman–Crippen MR) is 75.5 cm³/mol. The van der Waals surface area contributed by atoms with Gasteiger partial charge in [0.25, 0.3) is 0 Å². The Labute approximate surface area is 123 Å². The molecule has 0 spiro atoms. The van der Waals surface area contributed by atoms with Crippen molar-refractivity contribution in [2.75, 3.05) is 0 Å². The third kappa shape index (κ3) is 4.78. The Balaban J connectivity index is 1.90. The van der Waals surface area contributed by atoms with Crippen LogP contribution in [-0.2, 0) is 20.6 Å². The van der Waals surface area contributed by atoms with E-state index < -0.39 is 21.8 Å². The van der Waals surface area contributed by atoms with Crippen LogP contribution in [0.3, 0.4) is 0 Å². The Morgan fingerprint density at radius 1 is 1.19 bits per heavy atom. The lowest BCUT2D eigenvalue weighted by molar-refractivity contribution is -0.142. The summed E-state index contributed by atoms with van der Waals surface area (Å²) in [5.74, 6) is -1.80. The lowest BCUT2D eigenvalue weighted by Crippen LogP contribution is -2.39. The molecule has 7 heteroatoms. The Bertz CT molecular complexity index is 592. The zero-order chi connectivity index (χ0) is 15.5. The summed E-state index contributed by atoms with van der Waals surface area (Å²) in [5, 5.41) is 8.91. The van der Waals surface area contributed by atoms with E-state index in [-0.39, 0.29) is 17.7 Å². The number of benzene rings is 1. The van der Waals surface area contributed by atoms with E-state index in [4.69, 9.17) is 5.11 Å². The number of hydrogen-bond donors (Lipinski definition) is 2. The molecule has 0 unspecified atom stereocenters. The summed E-state index contributed by atoms with van der Waals surface area (Å²) < 4.78 is 39.5. The van der Waals surface area contributed by atoms with E-state index in [1.54, 1.807) is 0 Å². The molecule has 21 heavy (non-hydrogen) atoms. The molecule has 5 nitrogen and oxygen atoms in total. The third-order valence-corrected chi connectivity index (χ3v) is 5.10. The quantitative estimate of drug-likeness (QED) is 0.869. The van der Waals surface area contributed by atoms with Gasteiger partial charge in [-0.25, -0.2) is 17.5 Å². The van der Waals surface area contributed by atoms with Gasteiger partial charge in [0.1, 0.15) is 5.82 Å². The van der Waals surface area contributed by atoms with Crippen molar-refractivity contribution < 1.29 is 22.7 Å². The normalized spacial score (nSPS) is 22.9. The fourth-order valence-corrected chi connectivity index (χ4v) is 4.01. The van der Waals surface area contributed by atoms with E-state index in [1.807, 2.05) is 0 Å². The number of nitrogens with one attached hydrogen (secondary N) is 1. The molecule has 0 aliphatic heterocycles. The van der Waals surface area contributed by atoms with Gasteiger partial charge in [-0.05, 0) is 43.4 Å². The van der Waals surface area contributed by atoms with Gasteiger partial charge in [0.2, 0.25) is 10.0 Å². The van der Waals surface area contributed by atoms with Crippen LogP contribution in [0.1, 0.15) is 31.2 Å². The number of carboxylic acids is 1. The van der Waals surface area contributed by atoms with E-state index in [0.717, 1.165) is 0 Å². The van der Waals surface area contributed by atoms with Gasteiger partial charge in [-0.2, -0.15) is 0 Å². The van der Waals surface area contributed by atoms with E-state index in [9.17, 15) is 17.6 Å². The zero-order valence-electron chi connectivity index (χ0n) is 11.5. The maximum atomic E-state index is 12.8. The van der Waals surface area contributed by atoms with Crippen molar-refractivity contribution in [3.05, 3.63) is 35.6 Å². The molecule has 1 aliphatic rings. The molecule has 1 saturated carbocycles. The first-order chi connectivity index (χ1) is 9.85. The number of halogens is 1. The summed E-state index contributed by atoms with van der Waals surface area (Å²) in [6, 6.07) is 5.11. The molecular weight excluding hydrogens is 297 g/mol. The van der Waals surface area contributed by atoms with E-state index in [2.05, 4.69) is 4.72 Å². The lowest BCUT2D eigenvalue weighted by Gasteiger charge is -2.26. The van der Waals surface area contributed by atoms with Crippen LogP contribution in [0.25, 0.3) is 0 Å². The average molecular weight is 315 g/mol. The summed E-state index contributed by atoms with van der Waals surface area (Å²) >= 11 is 0. The number of carboxylic acid groups (broad SMARTS) is 1. The summed E-state index contributed by atoms with van der Waals surface area (Å²) in [7, 11) is -3.50. The molecule has 0 bridgehead atoms. The minimum absolute atomic E-state index is 0.202. The second-order valence-electron chi connectivity index (χ2n) is 5.39. The van der Waals surface area contributed by atoms with Crippen molar-refractivity contribution in [2.24, 2.45) is 5.92 Å². The maximum Gasteiger partial charge on any atom is 0.306 e. The van der Waals surface area contributed by atoms with Crippen molar-refractivity contribution in [2.45, 2.75) is 37.5 Å². The minimum atomic E-state index is -3.50. The molecule has 1 aliphatic carbocycles. The van der Waals surface area contributed by atoms with Gasteiger partial charge in [-0.15, -0.1) is 0 Å². The number of aliphatic carboxylic acids is 1. The molecule has 1 aromatic rings. The smallest absolute Gasteiger partial charge is 0.306 e. The molecule has 2 N–H and O–H groups in total. The maximum absolute atomic E-state index is 12.8. The van der Waals surface area contributed by atoms with Gasteiger partial charge in [-0.1, -0.05) is 12.1 Å². The van der Waals surface area contributed by atoms with Gasteiger partial charge in [0.05, 0.1) is 11.7 Å². The fraction of sp³-hybridized carbons (Fsp3) is 0.500. The van der Waals surface area contributed by atoms with Gasteiger partial charge in [-0.3, -0.25) is 4.79 Å². The van der Waals surface area contributed by atoms with Crippen molar-refractivity contribution in [3.8, 4) is 0 Å². The molecule has 2 rings (SSSR count). The standard InChI is InChI=1S/C14H18FNO4S/c15-12-5-1-10(2-6-12)9-21(19,20)16-13-7-3-11(4-8-13)14(17)18/h1-2,5-6,11,13,16H,3-4,7-9H2,(H,17,18). The molecule has 1 aromatic carbocycles. The highest BCUT2D eigenvalue weighted by Gasteiger charge is 2.28. The second kappa shape index (κ2) is 6.53. The monoisotopic (exact) mass is 315 g/mol. The molecule has 0 saturated heterocycles. The van der Waals surface area contributed by atoms with Crippen LogP contribution in [0.5, 0.6) is 0 Å². The summed E-state index contributed by atoms with van der Waals surface area (Å²) in [6.45, 7) is 0. The first-order valence-electron chi connectivity index (χ1n) is 6.83. The molecule has 1 fully saturated rings. The molecule has 116 valence electrons. The van der Waals surface area contributed by atoms with Crippen molar-refractivity contribution >= 4 is 16.0 Å². The van der Waals surface area contributed by atoms with Crippen LogP contribution in [0.15, 0.2) is 24.3 Å². The summed E-state index contributed by atoms with van der Waals surface area (Å²) in [4.78, 5) is 10.8. The topological polar surface area (TPSA) is 83.5 Å². The Morgan fingerprint density at radius 2 is 1.76 bits per heavy atom. The van der Waals surface area contributed by atoms with Gasteiger partial charge in [0, 0.05) is 6.04 Å². The highest BCUT2D eigenvalue weighted by molar-refractivity contribution is 7.88. The molecule has 0 aromatic heterocycles. The number of hydrogen-bond acceptors (Lipinski definition) is 3. The zero-order valence-corrected chi connectivity index (χ0v) is 12.3. The van der Waals surface area contributed by atoms with Crippen LogP contribution in [0, 0.1) is 11.7 Å². The molecule has 0 radical (unpaired) electrons. The van der Waals surface area contributed by atoms with Crippen LogP contribution in [0.4, 0.5) is 4.39 Å². The Hall–Kier alpha value is -1.47. The van der Waals surface area contributed by atoms with Crippen LogP contribution < -0.4 is 4.72 Å². The van der Waals surface area contributed by atoms with Crippen LogP contribution in [-0.4, -0.2) is 25.5 Å². The van der Waals surface area contributed by atoms with Gasteiger partial charge < -0.3 is 5.11 Å². The minimum Gasteiger partial charge on any atom is -0.481 e. The van der Waals surface area contributed by atoms with Gasteiger partial charge in [0.15, 0.2) is 0 Å². The highest BCUT2D eigenvalue weighted by atomic mass is 32.2. The van der Waals surface area contributed by atoms with Crippen molar-refractivity contribution in [1.82, 2.24) is 4.72 Å². The van der Waals surface area contributed by atoms with Crippen molar-refractivity contribution in [3.63, 3.8) is 0 Å². The highest BCUT2D eigenvalue weighted by Crippen LogP contribution is 2.25. The number of rotatable bonds is 5. The van der Waals surface area contributed by atoms with Crippen LogP contribution >= 0.6 is 0 Å². The third-order valence-electron chi connectivity index (χ3n) is 3.69. The summed E-state index contributed by atoms with van der Waals surface area (Å²) in [6.07, 6.45) is 2.03. The first-order valence-corrected chi connectivity index (χ1v) is 8.48. The lowest BCUT2D eigenvalue weighted by atomic mass is 9.87. The number of sulfonamides is 1. The molecular formula is C14H18FNO4S. The Kier molecular flexibility index (Phi) is 4.95. The fourth-order valence-electron chi connectivity index (χ4n) is 2.55. The Morgan fingerprint density at radius 3 is 2.29 bits per heavy atom. The first kappa shape index (κ1) is 15.9. The largest absolute Gasteiger partial charge is 0.481 e. The summed E-state index contributed by atoms with van der Waals surface area (Å²) in [5.41, 5.74) is 0.517. The SMILES string of the molecule is O=C(O)C1CCC(NS(=O)(=O)Cc2ccc(F)cc2)CC1. The van der Waals surface area contributed by atoms with E-state index >= 15 is 0 Å². The van der Waals surface area contributed by atoms with Crippen molar-refractivity contribution in [1.29, 1.82) is 0 Å². The number of carbonyl (C=O) groups is 1. The molecule has 0 amide bonds. The van der Waals surface area contributed by atoms with E-state index in [0.29, 0.717) is 31.2 Å². The average Bonchev–Trinajstić information content (AvgIpc) is 2.41.